The molecule has 286 valence electrons. The molecule has 0 saturated heterocycles. The zero-order valence-corrected chi connectivity index (χ0v) is 31.5. The monoisotopic (exact) mass is 750 g/mol. The van der Waals surface area contributed by atoms with Crippen molar-refractivity contribution in [3.8, 4) is 23.0 Å². The Labute approximate surface area is 318 Å². The highest BCUT2D eigenvalue weighted by atomic mass is 16.6. The summed E-state index contributed by atoms with van der Waals surface area (Å²) < 4.78 is 11.0. The molecule has 2 aliphatic rings. The van der Waals surface area contributed by atoms with Crippen molar-refractivity contribution in [2.24, 2.45) is 0 Å². The summed E-state index contributed by atoms with van der Waals surface area (Å²) in [5.74, 6) is -0.477. The van der Waals surface area contributed by atoms with Gasteiger partial charge >= 0.3 is 5.97 Å². The number of nitro groups is 2. The summed E-state index contributed by atoms with van der Waals surface area (Å²) in [6.07, 6.45) is 5.21. The number of carboxylic acid groups (broad SMARTS) is 1. The zero-order valence-electron chi connectivity index (χ0n) is 31.5. The van der Waals surface area contributed by atoms with Gasteiger partial charge < -0.3 is 29.7 Å². The smallest absolute Gasteiger partial charge is 0.303 e. The molecule has 0 radical (unpaired) electrons. The highest BCUT2D eigenvalue weighted by Gasteiger charge is 2.46. The number of carbonyl (C=O) groups is 1. The first-order chi connectivity index (χ1) is 26.0. The van der Waals surface area contributed by atoms with Crippen molar-refractivity contribution in [3.63, 3.8) is 0 Å². The van der Waals surface area contributed by atoms with Gasteiger partial charge in [0.15, 0.2) is 5.56 Å². The third kappa shape index (κ3) is 6.95. The number of anilines is 2. The van der Waals surface area contributed by atoms with Crippen LogP contribution < -0.4 is 29.5 Å². The van der Waals surface area contributed by atoms with E-state index < -0.39 is 49.5 Å². The maximum atomic E-state index is 14.0. The molecule has 55 heavy (non-hydrogen) atoms. The number of ether oxygens (including phenoxy) is 2. The molecule has 1 N–H and O–H groups in total. The average molecular weight is 751 g/mol. The molecule has 6 rings (SSSR count). The van der Waals surface area contributed by atoms with Crippen molar-refractivity contribution >= 4 is 40.9 Å². The van der Waals surface area contributed by atoms with E-state index in [1.807, 2.05) is 62.9 Å². The van der Waals surface area contributed by atoms with Crippen molar-refractivity contribution in [2.45, 2.75) is 70.8 Å². The Morgan fingerprint density at radius 1 is 0.818 bits per heavy atom. The van der Waals surface area contributed by atoms with E-state index in [1.54, 1.807) is 25.3 Å². The first-order valence-electron chi connectivity index (χ1n) is 17.8. The minimum Gasteiger partial charge on any atom is -0.820 e. The van der Waals surface area contributed by atoms with Crippen LogP contribution in [0.25, 0.3) is 12.2 Å². The Morgan fingerprint density at radius 2 is 1.36 bits per heavy atom. The van der Waals surface area contributed by atoms with E-state index in [-0.39, 0.29) is 24.1 Å². The van der Waals surface area contributed by atoms with Gasteiger partial charge in [-0.1, -0.05) is 6.42 Å². The first-order valence-corrected chi connectivity index (χ1v) is 17.8. The number of benzene rings is 3. The molecule has 0 aliphatic carbocycles. The lowest BCUT2D eigenvalue weighted by Crippen LogP contribution is -2.28. The van der Waals surface area contributed by atoms with Crippen LogP contribution in [0.3, 0.4) is 0 Å². The topological polar surface area (TPSA) is 195 Å². The molecule has 0 saturated carbocycles. The number of allylic oxidation sites excluding steroid dienone is 2. The predicted octanol–water partition coefficient (Wildman–Crippen LogP) is 7.23. The number of unbranched alkanes of at least 4 members (excludes halogenated alkanes) is 2. The van der Waals surface area contributed by atoms with Gasteiger partial charge in [0.25, 0.3) is 11.4 Å². The van der Waals surface area contributed by atoms with Gasteiger partial charge in [-0.15, -0.1) is 0 Å². The van der Waals surface area contributed by atoms with Crippen LogP contribution in [0.4, 0.5) is 22.7 Å². The predicted molar refractivity (Wildman–Crippen MR) is 204 cm³/mol. The van der Waals surface area contributed by atoms with Crippen molar-refractivity contribution in [3.05, 3.63) is 114 Å². The summed E-state index contributed by atoms with van der Waals surface area (Å²) in [5.41, 5.74) is 2.72. The van der Waals surface area contributed by atoms with E-state index in [9.17, 15) is 35.2 Å². The van der Waals surface area contributed by atoms with Gasteiger partial charge in [0.2, 0.25) is 0 Å². The molecular formula is C41H42N4O10. The maximum Gasteiger partial charge on any atom is 0.303 e. The van der Waals surface area contributed by atoms with E-state index >= 15 is 0 Å². The highest BCUT2D eigenvalue weighted by molar-refractivity contribution is 5.88. The number of hydrogen-bond donors (Lipinski definition) is 1. The molecule has 0 amide bonds. The normalized spacial score (nSPS) is 16.8. The molecule has 0 unspecified atom stereocenters. The minimum atomic E-state index is -0.846. The van der Waals surface area contributed by atoms with Gasteiger partial charge in [0.1, 0.15) is 28.8 Å². The number of methoxy groups -OCH3 is 2. The minimum absolute atomic E-state index is 0.0231. The summed E-state index contributed by atoms with van der Waals surface area (Å²) in [7, 11) is 3.12. The van der Waals surface area contributed by atoms with E-state index in [2.05, 4.69) is 4.90 Å². The fraction of sp³-hybridized carbons (Fsp3) is 0.341. The molecule has 0 bridgehead atoms. The molecule has 2 aliphatic heterocycles. The van der Waals surface area contributed by atoms with Crippen LogP contribution in [-0.4, -0.2) is 41.7 Å². The van der Waals surface area contributed by atoms with Crippen LogP contribution in [0.5, 0.6) is 23.0 Å². The van der Waals surface area contributed by atoms with Crippen molar-refractivity contribution in [1.82, 2.24) is 0 Å². The van der Waals surface area contributed by atoms with Gasteiger partial charge in [-0.3, -0.25) is 29.9 Å². The van der Waals surface area contributed by atoms with Gasteiger partial charge in [0, 0.05) is 48.3 Å². The van der Waals surface area contributed by atoms with Crippen LogP contribution in [0.15, 0.2) is 66.0 Å². The molecule has 0 spiro atoms. The molecule has 4 aromatic carbocycles. The molecule has 4 aromatic rings. The Bertz CT molecular complexity index is 2190. The molecule has 0 atom stereocenters. The number of carboxylic acids is 1. The molecule has 14 nitrogen and oxygen atoms in total. The number of aliphatic carboxylic acids is 1. The van der Waals surface area contributed by atoms with Crippen LogP contribution in [0.2, 0.25) is 0 Å². The van der Waals surface area contributed by atoms with Crippen LogP contribution in [0.1, 0.15) is 81.2 Å². The second-order valence-electron chi connectivity index (χ2n) is 14.9. The number of hydrogen-bond acceptors (Lipinski definition) is 11. The standard InChI is InChI=1S/C41H42N4O10/c1-40(2)31-19-27(54-5)11-13-33(31)42(15-9-7-8-10-37(46)47)35(40)21-29-38(48)30(39(29)49)22-36-41(3,4)32-20-28(55-6)12-14-34(32)43(36)23-24-16-25(44(50)51)18-26(17-24)45(52)53/h11-14,16-22H,7-10,15,23H2,1-6H3,(H-,46,47,48). The number of rotatable bonds is 14. The van der Waals surface area contributed by atoms with Crippen molar-refractivity contribution < 1.29 is 39.4 Å². The number of non-ortho nitro benzene ring substituents is 2. The molecule has 2 heterocycles. The largest absolute Gasteiger partial charge is 0.820 e. The third-order valence-electron chi connectivity index (χ3n) is 10.7. The zero-order chi connectivity index (χ0) is 40.0. The van der Waals surface area contributed by atoms with Gasteiger partial charge in [-0.05, 0) is 88.1 Å². The quantitative estimate of drug-likeness (QED) is 0.0589. The lowest BCUT2D eigenvalue weighted by Gasteiger charge is -2.27. The summed E-state index contributed by atoms with van der Waals surface area (Å²) >= 11 is 0. The van der Waals surface area contributed by atoms with Crippen LogP contribution in [-0.2, 0) is 22.2 Å². The molecule has 14 heteroatoms. The van der Waals surface area contributed by atoms with E-state index in [4.69, 9.17) is 14.6 Å². The van der Waals surface area contributed by atoms with Crippen molar-refractivity contribution in [2.75, 3.05) is 30.6 Å². The number of nitrogens with zero attached hydrogens (tertiary/aromatic N) is 4. The summed E-state index contributed by atoms with van der Waals surface area (Å²) in [5, 5.41) is 60.5. The first kappa shape index (κ1) is 38.4. The molecule has 0 fully saturated rings. The molecular weight excluding hydrogens is 708 g/mol. The number of fused-ring (bicyclic) bond motifs is 2. The number of nitro benzene ring substituents is 2. The maximum absolute atomic E-state index is 14.0. The second-order valence-corrected chi connectivity index (χ2v) is 14.9. The van der Waals surface area contributed by atoms with Crippen LogP contribution in [0, 0.1) is 20.2 Å². The Morgan fingerprint density at radius 3 is 1.87 bits per heavy atom. The second kappa shape index (κ2) is 14.5. The highest BCUT2D eigenvalue weighted by Crippen LogP contribution is 2.54. The lowest BCUT2D eigenvalue weighted by molar-refractivity contribution is -0.394. The fourth-order valence-corrected chi connectivity index (χ4v) is 7.73. The molecule has 0 aromatic heterocycles. The Hall–Kier alpha value is -6.31. The SMILES string of the molecule is COc1ccc2c(c1)C(C)(C)C(=C[c+]1c([O-])c(C=C3N(Cc4cc([N+](=O)[O-])cc([N+](=O)[O-])c4)c4ccc(OC)cc4C3(C)C)[c+]1[O-])N2CCCCCC(=O)O. The summed E-state index contributed by atoms with van der Waals surface area (Å²) in [6, 6.07) is 14.6. The van der Waals surface area contributed by atoms with Gasteiger partial charge in [0.05, 0.1) is 64.5 Å². The van der Waals surface area contributed by atoms with E-state index in [0.29, 0.717) is 54.3 Å². The summed E-state index contributed by atoms with van der Waals surface area (Å²) in [6.45, 7) is 8.41. The Balaban J connectivity index is 1.41. The fourth-order valence-electron chi connectivity index (χ4n) is 7.73. The third-order valence-corrected chi connectivity index (χ3v) is 10.7. The van der Waals surface area contributed by atoms with Gasteiger partial charge in [-0.2, -0.15) is 0 Å². The van der Waals surface area contributed by atoms with E-state index in [1.165, 1.54) is 19.2 Å². The summed E-state index contributed by atoms with van der Waals surface area (Å²) in [4.78, 5) is 37.0. The Kier molecular flexibility index (Phi) is 10.1. The van der Waals surface area contributed by atoms with E-state index in [0.717, 1.165) is 28.6 Å². The average Bonchev–Trinajstić information content (AvgIpc) is 3.48. The van der Waals surface area contributed by atoms with Gasteiger partial charge in [-0.25, -0.2) is 0 Å². The van der Waals surface area contributed by atoms with Crippen LogP contribution >= 0.6 is 0 Å². The lowest BCUT2D eigenvalue weighted by atomic mass is 9.81. The van der Waals surface area contributed by atoms with Crippen molar-refractivity contribution in [1.29, 1.82) is 0 Å².